The van der Waals surface area contributed by atoms with Gasteiger partial charge in [-0.2, -0.15) is 0 Å². The van der Waals surface area contributed by atoms with Gasteiger partial charge < -0.3 is 10.1 Å². The van der Waals surface area contributed by atoms with Crippen LogP contribution in [0.15, 0.2) is 0 Å². The van der Waals surface area contributed by atoms with Crippen LogP contribution in [0.5, 0.6) is 0 Å². The van der Waals surface area contributed by atoms with Crippen LogP contribution >= 0.6 is 0 Å². The molecule has 0 aromatic carbocycles. The first-order valence-corrected chi connectivity index (χ1v) is 8.14. The molecule has 2 atom stereocenters. The van der Waals surface area contributed by atoms with Crippen molar-refractivity contribution in [3.63, 3.8) is 0 Å². The van der Waals surface area contributed by atoms with Crippen molar-refractivity contribution in [2.45, 2.75) is 83.3 Å². The Morgan fingerprint density at radius 1 is 1.11 bits per heavy atom. The minimum absolute atomic E-state index is 0.247. The molecule has 0 bridgehead atoms. The predicted molar refractivity (Wildman–Crippen MR) is 76.9 cm³/mol. The van der Waals surface area contributed by atoms with Crippen molar-refractivity contribution >= 4 is 0 Å². The van der Waals surface area contributed by atoms with E-state index in [1.807, 2.05) is 0 Å². The van der Waals surface area contributed by atoms with Crippen LogP contribution in [0.2, 0.25) is 0 Å². The van der Waals surface area contributed by atoms with E-state index in [0.29, 0.717) is 6.10 Å². The summed E-state index contributed by atoms with van der Waals surface area (Å²) in [7, 11) is 0. The molecule has 0 aliphatic heterocycles. The molecule has 106 valence electrons. The van der Waals surface area contributed by atoms with E-state index in [-0.39, 0.29) is 5.60 Å². The first kappa shape index (κ1) is 14.3. The monoisotopic (exact) mass is 253 g/mol. The molecule has 0 aromatic heterocycles. The van der Waals surface area contributed by atoms with Crippen LogP contribution in [-0.4, -0.2) is 24.8 Å². The SMILES string of the molecule is CCCNCCC1(OC2CCCCC2C)CCC1. The van der Waals surface area contributed by atoms with Crippen LogP contribution in [0.4, 0.5) is 0 Å². The van der Waals surface area contributed by atoms with E-state index in [0.717, 1.165) is 19.0 Å². The van der Waals surface area contributed by atoms with Crippen LogP contribution in [0.25, 0.3) is 0 Å². The van der Waals surface area contributed by atoms with Gasteiger partial charge in [0.05, 0.1) is 11.7 Å². The second kappa shape index (κ2) is 6.91. The second-order valence-corrected chi connectivity index (χ2v) is 6.45. The summed E-state index contributed by atoms with van der Waals surface area (Å²) < 4.78 is 6.57. The molecule has 2 aliphatic rings. The molecule has 0 radical (unpaired) electrons. The summed E-state index contributed by atoms with van der Waals surface area (Å²) >= 11 is 0. The Kier molecular flexibility index (Phi) is 5.50. The van der Waals surface area contributed by atoms with E-state index >= 15 is 0 Å². The van der Waals surface area contributed by atoms with Crippen molar-refractivity contribution in [2.24, 2.45) is 5.92 Å². The van der Waals surface area contributed by atoms with Crippen LogP contribution in [-0.2, 0) is 4.74 Å². The lowest BCUT2D eigenvalue weighted by molar-refractivity contribution is -0.164. The van der Waals surface area contributed by atoms with Crippen molar-refractivity contribution < 1.29 is 4.74 Å². The lowest BCUT2D eigenvalue weighted by atomic mass is 9.76. The number of rotatable bonds is 7. The third-order valence-electron chi connectivity index (χ3n) is 4.88. The third kappa shape index (κ3) is 3.71. The number of ether oxygens (including phenoxy) is 1. The topological polar surface area (TPSA) is 21.3 Å². The molecular formula is C16H31NO. The van der Waals surface area contributed by atoms with Gasteiger partial charge in [0, 0.05) is 0 Å². The molecule has 0 aromatic rings. The van der Waals surface area contributed by atoms with E-state index in [9.17, 15) is 0 Å². The summed E-state index contributed by atoms with van der Waals surface area (Å²) in [4.78, 5) is 0. The maximum absolute atomic E-state index is 6.57. The lowest BCUT2D eigenvalue weighted by Crippen LogP contribution is -2.47. The van der Waals surface area contributed by atoms with Gasteiger partial charge in [-0.3, -0.25) is 0 Å². The van der Waals surface area contributed by atoms with Gasteiger partial charge in [0.1, 0.15) is 0 Å². The van der Waals surface area contributed by atoms with Gasteiger partial charge >= 0.3 is 0 Å². The zero-order chi connectivity index (χ0) is 12.8. The molecule has 2 unspecified atom stereocenters. The Hall–Kier alpha value is -0.0800. The molecule has 1 N–H and O–H groups in total. The summed E-state index contributed by atoms with van der Waals surface area (Å²) in [5, 5.41) is 3.53. The highest BCUT2D eigenvalue weighted by Crippen LogP contribution is 2.42. The smallest absolute Gasteiger partial charge is 0.0698 e. The Balaban J connectivity index is 1.76. The minimum Gasteiger partial charge on any atom is -0.371 e. The standard InChI is InChI=1S/C16H31NO/c1-3-12-17-13-11-16(9-6-10-16)18-15-8-5-4-7-14(15)2/h14-15,17H,3-13H2,1-2H3. The normalized spacial score (nSPS) is 31.0. The van der Waals surface area contributed by atoms with E-state index in [4.69, 9.17) is 4.74 Å². The fraction of sp³-hybridized carbons (Fsp3) is 1.00. The van der Waals surface area contributed by atoms with Gasteiger partial charge in [-0.25, -0.2) is 0 Å². The maximum atomic E-state index is 6.57. The summed E-state index contributed by atoms with van der Waals surface area (Å²) in [6, 6.07) is 0. The summed E-state index contributed by atoms with van der Waals surface area (Å²) in [5.74, 6) is 0.778. The number of nitrogens with one attached hydrogen (secondary N) is 1. The molecule has 0 spiro atoms. The molecule has 0 amide bonds. The third-order valence-corrected chi connectivity index (χ3v) is 4.88. The molecule has 2 heteroatoms. The molecule has 2 aliphatic carbocycles. The highest BCUT2D eigenvalue weighted by molar-refractivity contribution is 4.92. The molecule has 18 heavy (non-hydrogen) atoms. The average molecular weight is 253 g/mol. The zero-order valence-electron chi connectivity index (χ0n) is 12.3. The molecule has 0 heterocycles. The lowest BCUT2D eigenvalue weighted by Gasteiger charge is -2.46. The molecule has 2 rings (SSSR count). The van der Waals surface area contributed by atoms with E-state index in [1.54, 1.807) is 0 Å². The van der Waals surface area contributed by atoms with E-state index in [2.05, 4.69) is 19.2 Å². The van der Waals surface area contributed by atoms with Crippen LogP contribution in [0.3, 0.4) is 0 Å². The molecule has 2 nitrogen and oxygen atoms in total. The second-order valence-electron chi connectivity index (χ2n) is 6.45. The van der Waals surface area contributed by atoms with Gasteiger partial charge in [0.15, 0.2) is 0 Å². The largest absolute Gasteiger partial charge is 0.371 e. The Bertz CT molecular complexity index is 237. The summed E-state index contributed by atoms with van der Waals surface area (Å²) in [6.07, 6.45) is 12.4. The van der Waals surface area contributed by atoms with Gasteiger partial charge in [-0.05, 0) is 64.0 Å². The van der Waals surface area contributed by atoms with Gasteiger partial charge in [0.25, 0.3) is 0 Å². The maximum Gasteiger partial charge on any atom is 0.0698 e. The predicted octanol–water partition coefficient (Wildman–Crippen LogP) is 3.89. The van der Waals surface area contributed by atoms with Gasteiger partial charge in [0.2, 0.25) is 0 Å². The summed E-state index contributed by atoms with van der Waals surface area (Å²) in [6.45, 7) is 6.89. The quantitative estimate of drug-likeness (QED) is 0.695. The highest BCUT2D eigenvalue weighted by Gasteiger charge is 2.40. The minimum atomic E-state index is 0.247. The number of hydrogen-bond acceptors (Lipinski definition) is 2. The van der Waals surface area contributed by atoms with Crippen molar-refractivity contribution in [3.8, 4) is 0 Å². The fourth-order valence-corrected chi connectivity index (χ4v) is 3.39. The van der Waals surface area contributed by atoms with Crippen molar-refractivity contribution in [1.82, 2.24) is 5.32 Å². The van der Waals surface area contributed by atoms with Crippen LogP contribution in [0.1, 0.15) is 71.6 Å². The van der Waals surface area contributed by atoms with E-state index < -0.39 is 0 Å². The first-order valence-electron chi connectivity index (χ1n) is 8.14. The van der Waals surface area contributed by atoms with Crippen LogP contribution < -0.4 is 5.32 Å². The Labute approximate surface area is 113 Å². The highest BCUT2D eigenvalue weighted by atomic mass is 16.5. The van der Waals surface area contributed by atoms with Crippen molar-refractivity contribution in [1.29, 1.82) is 0 Å². The van der Waals surface area contributed by atoms with Gasteiger partial charge in [-0.15, -0.1) is 0 Å². The number of hydrogen-bond donors (Lipinski definition) is 1. The van der Waals surface area contributed by atoms with Crippen molar-refractivity contribution in [3.05, 3.63) is 0 Å². The van der Waals surface area contributed by atoms with Crippen LogP contribution in [0, 0.1) is 5.92 Å². The first-order chi connectivity index (χ1) is 8.76. The average Bonchev–Trinajstić information content (AvgIpc) is 2.33. The van der Waals surface area contributed by atoms with E-state index in [1.165, 1.54) is 57.8 Å². The summed E-state index contributed by atoms with van der Waals surface area (Å²) in [5.41, 5.74) is 0.247. The van der Waals surface area contributed by atoms with Crippen molar-refractivity contribution in [2.75, 3.05) is 13.1 Å². The molecular weight excluding hydrogens is 222 g/mol. The molecule has 2 fully saturated rings. The molecule has 0 saturated heterocycles. The fourth-order valence-electron chi connectivity index (χ4n) is 3.39. The zero-order valence-corrected chi connectivity index (χ0v) is 12.3. The molecule has 2 saturated carbocycles. The Morgan fingerprint density at radius 2 is 1.89 bits per heavy atom. The van der Waals surface area contributed by atoms with Gasteiger partial charge in [-0.1, -0.05) is 26.7 Å². The Morgan fingerprint density at radius 3 is 2.50 bits per heavy atom.